The van der Waals surface area contributed by atoms with Gasteiger partial charge in [-0.15, -0.1) is 0 Å². The molecule has 0 N–H and O–H groups in total. The number of hydrogen-bond acceptors (Lipinski definition) is 3. The van der Waals surface area contributed by atoms with Gasteiger partial charge in [0.25, 0.3) is 0 Å². The number of benzene rings is 1. The lowest BCUT2D eigenvalue weighted by Crippen LogP contribution is -2.47. The largest absolute Gasteiger partial charge is 0.339 e. The second-order valence-electron chi connectivity index (χ2n) is 7.63. The highest BCUT2D eigenvalue weighted by Crippen LogP contribution is 2.18. The quantitative estimate of drug-likeness (QED) is 0.719. The van der Waals surface area contributed by atoms with Gasteiger partial charge in [0, 0.05) is 37.9 Å². The summed E-state index contributed by atoms with van der Waals surface area (Å²) in [6.07, 6.45) is 8.38. The Morgan fingerprint density at radius 1 is 1.22 bits per heavy atom. The number of aryl methyl sites for hydroxylation is 2. The zero-order chi connectivity index (χ0) is 19.1. The van der Waals surface area contributed by atoms with Crippen molar-refractivity contribution in [2.75, 3.05) is 26.7 Å². The molecule has 1 aliphatic rings. The maximum atomic E-state index is 13.0. The van der Waals surface area contributed by atoms with Crippen LogP contribution in [-0.4, -0.2) is 58.0 Å². The normalized spacial score (nSPS) is 15.8. The summed E-state index contributed by atoms with van der Waals surface area (Å²) >= 11 is 0. The van der Waals surface area contributed by atoms with Crippen molar-refractivity contribution in [3.63, 3.8) is 0 Å². The Kier molecular flexibility index (Phi) is 7.04. The van der Waals surface area contributed by atoms with Gasteiger partial charge in [-0.2, -0.15) is 0 Å². The fraction of sp³-hybridized carbons (Fsp3) is 0.545. The van der Waals surface area contributed by atoms with E-state index in [-0.39, 0.29) is 0 Å². The van der Waals surface area contributed by atoms with Crippen molar-refractivity contribution >= 4 is 5.91 Å². The molecule has 27 heavy (non-hydrogen) atoms. The van der Waals surface area contributed by atoms with Gasteiger partial charge in [0.2, 0.25) is 5.91 Å². The Morgan fingerprint density at radius 2 is 1.96 bits per heavy atom. The Balaban J connectivity index is 1.57. The molecule has 5 nitrogen and oxygen atoms in total. The van der Waals surface area contributed by atoms with Crippen molar-refractivity contribution in [2.24, 2.45) is 0 Å². The Morgan fingerprint density at radius 3 is 2.63 bits per heavy atom. The first kappa shape index (κ1) is 19.6. The Labute approximate surface area is 163 Å². The van der Waals surface area contributed by atoms with E-state index in [9.17, 15) is 4.79 Å². The molecular weight excluding hydrogens is 336 g/mol. The van der Waals surface area contributed by atoms with Crippen molar-refractivity contribution in [2.45, 2.75) is 51.6 Å². The van der Waals surface area contributed by atoms with Gasteiger partial charge < -0.3 is 14.4 Å². The van der Waals surface area contributed by atoms with Gasteiger partial charge in [0.1, 0.15) is 5.82 Å². The number of nitrogens with zero attached hydrogens (tertiary/aromatic N) is 4. The summed E-state index contributed by atoms with van der Waals surface area (Å²) in [6, 6.07) is 10.9. The van der Waals surface area contributed by atoms with Crippen LogP contribution in [0.25, 0.3) is 0 Å². The third-order valence-electron chi connectivity index (χ3n) is 5.65. The predicted octanol–water partition coefficient (Wildman–Crippen LogP) is 3.14. The van der Waals surface area contributed by atoms with Crippen molar-refractivity contribution < 1.29 is 4.79 Å². The lowest BCUT2D eigenvalue weighted by molar-refractivity contribution is -0.134. The lowest BCUT2D eigenvalue weighted by atomic mass is 10.0. The van der Waals surface area contributed by atoms with E-state index in [1.807, 2.05) is 25.4 Å². The molecule has 0 bridgehead atoms. The molecule has 146 valence electrons. The number of likely N-dealkylation sites (tertiary alicyclic amines) is 1. The van der Waals surface area contributed by atoms with Crippen LogP contribution in [0.2, 0.25) is 0 Å². The van der Waals surface area contributed by atoms with E-state index in [0.717, 1.165) is 57.7 Å². The fourth-order valence-electron chi connectivity index (χ4n) is 3.90. The van der Waals surface area contributed by atoms with Gasteiger partial charge in [-0.3, -0.25) is 4.79 Å². The molecule has 2 heterocycles. The van der Waals surface area contributed by atoms with Gasteiger partial charge in [0.05, 0.1) is 0 Å². The van der Waals surface area contributed by atoms with E-state index in [1.54, 1.807) is 0 Å². The molecule has 5 heteroatoms. The van der Waals surface area contributed by atoms with E-state index in [2.05, 4.69) is 50.7 Å². The zero-order valence-corrected chi connectivity index (χ0v) is 16.7. The molecule has 3 rings (SSSR count). The SMILES string of the molecule is Cc1nccn1CCCC(=O)N(CCc1ccccc1)C1CCN(C)CC1. The van der Waals surface area contributed by atoms with Crippen molar-refractivity contribution in [1.82, 2.24) is 19.4 Å². The monoisotopic (exact) mass is 368 g/mol. The maximum Gasteiger partial charge on any atom is 0.222 e. The van der Waals surface area contributed by atoms with E-state index in [0.29, 0.717) is 18.4 Å². The molecule has 0 unspecified atom stereocenters. The van der Waals surface area contributed by atoms with E-state index in [1.165, 1.54) is 5.56 Å². The molecule has 1 aliphatic heterocycles. The second kappa shape index (κ2) is 9.70. The van der Waals surface area contributed by atoms with Crippen molar-refractivity contribution in [3.8, 4) is 0 Å². The molecule has 0 spiro atoms. The molecule has 1 amide bonds. The molecule has 0 radical (unpaired) electrons. The first-order chi connectivity index (χ1) is 13.1. The van der Waals surface area contributed by atoms with Crippen molar-refractivity contribution in [3.05, 3.63) is 54.1 Å². The molecule has 1 aromatic heterocycles. The molecule has 2 aromatic rings. The summed E-state index contributed by atoms with van der Waals surface area (Å²) < 4.78 is 2.12. The van der Waals surface area contributed by atoms with Crippen LogP contribution in [0.3, 0.4) is 0 Å². The smallest absolute Gasteiger partial charge is 0.222 e. The van der Waals surface area contributed by atoms with Crippen LogP contribution in [0.1, 0.15) is 37.1 Å². The third-order valence-corrected chi connectivity index (χ3v) is 5.65. The highest BCUT2D eigenvalue weighted by Gasteiger charge is 2.26. The molecule has 0 aliphatic carbocycles. The molecule has 0 atom stereocenters. The van der Waals surface area contributed by atoms with Crippen LogP contribution in [0.5, 0.6) is 0 Å². The zero-order valence-electron chi connectivity index (χ0n) is 16.7. The second-order valence-corrected chi connectivity index (χ2v) is 7.63. The first-order valence-electron chi connectivity index (χ1n) is 10.1. The molecule has 1 aromatic carbocycles. The summed E-state index contributed by atoms with van der Waals surface area (Å²) in [5.74, 6) is 1.32. The maximum absolute atomic E-state index is 13.0. The number of carbonyl (C=O) groups is 1. The minimum Gasteiger partial charge on any atom is -0.339 e. The molecule has 1 saturated heterocycles. The van der Waals surface area contributed by atoms with E-state index >= 15 is 0 Å². The lowest BCUT2D eigenvalue weighted by Gasteiger charge is -2.37. The van der Waals surface area contributed by atoms with Gasteiger partial charge in [-0.05, 0) is 58.3 Å². The van der Waals surface area contributed by atoms with Crippen LogP contribution in [0.4, 0.5) is 0 Å². The summed E-state index contributed by atoms with van der Waals surface area (Å²) in [5.41, 5.74) is 1.30. The van der Waals surface area contributed by atoms with Crippen LogP contribution in [0, 0.1) is 6.92 Å². The third kappa shape index (κ3) is 5.67. The summed E-state index contributed by atoms with van der Waals surface area (Å²) in [7, 11) is 2.17. The van der Waals surface area contributed by atoms with Crippen molar-refractivity contribution in [1.29, 1.82) is 0 Å². The Bertz CT molecular complexity index is 704. The number of piperidine rings is 1. The standard InChI is InChI=1S/C22H32N4O/c1-19-23-13-18-25(19)14-6-9-22(27)26(21-11-15-24(2)16-12-21)17-10-20-7-4-3-5-8-20/h3-5,7-8,13,18,21H,6,9-12,14-17H2,1-2H3. The van der Waals surface area contributed by atoms with Gasteiger partial charge >= 0.3 is 0 Å². The average molecular weight is 369 g/mol. The van der Waals surface area contributed by atoms with Crippen LogP contribution < -0.4 is 0 Å². The topological polar surface area (TPSA) is 41.4 Å². The van der Waals surface area contributed by atoms with E-state index < -0.39 is 0 Å². The summed E-state index contributed by atoms with van der Waals surface area (Å²) in [6.45, 7) is 5.84. The van der Waals surface area contributed by atoms with Gasteiger partial charge in [-0.25, -0.2) is 4.98 Å². The minimum atomic E-state index is 0.304. The fourth-order valence-corrected chi connectivity index (χ4v) is 3.90. The van der Waals surface area contributed by atoms with Crippen LogP contribution in [0.15, 0.2) is 42.7 Å². The number of hydrogen-bond donors (Lipinski definition) is 0. The van der Waals surface area contributed by atoms with Crippen LogP contribution in [-0.2, 0) is 17.8 Å². The highest BCUT2D eigenvalue weighted by atomic mass is 16.2. The number of rotatable bonds is 8. The minimum absolute atomic E-state index is 0.304. The molecule has 0 saturated carbocycles. The number of carbonyl (C=O) groups excluding carboxylic acids is 1. The average Bonchev–Trinajstić information content (AvgIpc) is 3.09. The number of aromatic nitrogens is 2. The molecular formula is C22H32N4O. The molecule has 1 fully saturated rings. The number of amides is 1. The van der Waals surface area contributed by atoms with Gasteiger partial charge in [-0.1, -0.05) is 30.3 Å². The summed E-state index contributed by atoms with van der Waals surface area (Å²) in [4.78, 5) is 21.8. The predicted molar refractivity (Wildman–Crippen MR) is 109 cm³/mol. The Hall–Kier alpha value is -2.14. The summed E-state index contributed by atoms with van der Waals surface area (Å²) in [5, 5.41) is 0. The van der Waals surface area contributed by atoms with Crippen LogP contribution >= 0.6 is 0 Å². The van der Waals surface area contributed by atoms with E-state index in [4.69, 9.17) is 0 Å². The first-order valence-corrected chi connectivity index (χ1v) is 10.1. The highest BCUT2D eigenvalue weighted by molar-refractivity contribution is 5.76. The van der Waals surface area contributed by atoms with Gasteiger partial charge in [0.15, 0.2) is 0 Å². The number of imidazole rings is 1.